The Morgan fingerprint density at radius 1 is 1.33 bits per heavy atom. The van der Waals surface area contributed by atoms with Gasteiger partial charge in [0.25, 0.3) is 0 Å². The van der Waals surface area contributed by atoms with Crippen LogP contribution < -0.4 is 4.74 Å². The summed E-state index contributed by atoms with van der Waals surface area (Å²) in [7, 11) is 0. The summed E-state index contributed by atoms with van der Waals surface area (Å²) in [6.45, 7) is 3.73. The van der Waals surface area contributed by atoms with Gasteiger partial charge in [-0.1, -0.05) is 30.9 Å². The highest BCUT2D eigenvalue weighted by atomic mass is 16.5. The van der Waals surface area contributed by atoms with Crippen molar-refractivity contribution in [2.45, 2.75) is 12.3 Å². The normalized spacial score (nSPS) is 11.6. The van der Waals surface area contributed by atoms with Crippen LogP contribution in [0.5, 0.6) is 5.75 Å². The predicted octanol–water partition coefficient (Wildman–Crippen LogP) is 1.89. The van der Waals surface area contributed by atoms with E-state index in [0.717, 1.165) is 0 Å². The van der Waals surface area contributed by atoms with E-state index < -0.39 is 24.3 Å². The highest BCUT2D eigenvalue weighted by Crippen LogP contribution is 2.29. The van der Waals surface area contributed by atoms with E-state index in [9.17, 15) is 9.59 Å². The van der Waals surface area contributed by atoms with Gasteiger partial charge >= 0.3 is 11.9 Å². The molecule has 0 spiro atoms. The number of carboxylic acids is 2. The molecule has 0 fully saturated rings. The number of para-hydroxylation sites is 1. The predicted molar refractivity (Wildman–Crippen MR) is 64.8 cm³/mol. The minimum absolute atomic E-state index is 0.233. The zero-order valence-electron chi connectivity index (χ0n) is 9.70. The van der Waals surface area contributed by atoms with Crippen LogP contribution in [-0.2, 0) is 9.59 Å². The molecular formula is C13H14O5. The van der Waals surface area contributed by atoms with Crippen LogP contribution in [0.2, 0.25) is 0 Å². The fraction of sp³-hybridized carbons (Fsp3) is 0.231. The molecule has 0 aromatic heterocycles. The van der Waals surface area contributed by atoms with Gasteiger partial charge in [-0.2, -0.15) is 0 Å². The quantitative estimate of drug-likeness (QED) is 0.722. The minimum atomic E-state index is -1.19. The van der Waals surface area contributed by atoms with Gasteiger partial charge in [0.15, 0.2) is 0 Å². The molecule has 0 radical (unpaired) electrons. The summed E-state index contributed by atoms with van der Waals surface area (Å²) >= 11 is 0. The van der Waals surface area contributed by atoms with Crippen LogP contribution in [0.25, 0.3) is 0 Å². The van der Waals surface area contributed by atoms with E-state index >= 15 is 0 Å². The van der Waals surface area contributed by atoms with Crippen molar-refractivity contribution in [2.75, 3.05) is 6.61 Å². The van der Waals surface area contributed by atoms with E-state index in [0.29, 0.717) is 11.3 Å². The molecule has 0 aliphatic carbocycles. The van der Waals surface area contributed by atoms with Crippen molar-refractivity contribution < 1.29 is 24.5 Å². The SMILES string of the molecule is C=CCOc1ccccc1C(CC(=O)O)C(=O)O. The smallest absolute Gasteiger partial charge is 0.311 e. The third-order valence-electron chi connectivity index (χ3n) is 2.33. The highest BCUT2D eigenvalue weighted by Gasteiger charge is 2.25. The lowest BCUT2D eigenvalue weighted by molar-refractivity contribution is -0.145. The zero-order chi connectivity index (χ0) is 13.5. The van der Waals surface area contributed by atoms with Crippen molar-refractivity contribution in [3.8, 4) is 5.75 Å². The molecule has 1 aromatic rings. The van der Waals surface area contributed by atoms with E-state index in [1.807, 2.05) is 0 Å². The van der Waals surface area contributed by atoms with Crippen molar-refractivity contribution in [2.24, 2.45) is 0 Å². The number of aliphatic carboxylic acids is 2. The van der Waals surface area contributed by atoms with Crippen molar-refractivity contribution >= 4 is 11.9 Å². The summed E-state index contributed by atoms with van der Waals surface area (Å²) in [6.07, 6.45) is 1.05. The van der Waals surface area contributed by atoms with Gasteiger partial charge < -0.3 is 14.9 Å². The molecule has 0 bridgehead atoms. The topological polar surface area (TPSA) is 83.8 Å². The Bertz CT molecular complexity index is 452. The van der Waals surface area contributed by atoms with Crippen LogP contribution in [0.15, 0.2) is 36.9 Å². The summed E-state index contributed by atoms with van der Waals surface area (Å²) in [4.78, 5) is 21.8. The highest BCUT2D eigenvalue weighted by molar-refractivity contribution is 5.83. The minimum Gasteiger partial charge on any atom is -0.489 e. The second-order valence-corrected chi connectivity index (χ2v) is 3.63. The van der Waals surface area contributed by atoms with E-state index in [1.54, 1.807) is 24.3 Å². The molecule has 18 heavy (non-hydrogen) atoms. The summed E-state index contributed by atoms with van der Waals surface area (Å²) in [5.74, 6) is -3.11. The lowest BCUT2D eigenvalue weighted by atomic mass is 9.95. The molecule has 1 rings (SSSR count). The average molecular weight is 250 g/mol. The molecule has 1 atom stereocenters. The van der Waals surface area contributed by atoms with E-state index in [-0.39, 0.29) is 6.61 Å². The molecule has 5 heteroatoms. The second kappa shape index (κ2) is 6.44. The summed E-state index contributed by atoms with van der Waals surface area (Å²) in [5, 5.41) is 17.8. The van der Waals surface area contributed by atoms with E-state index in [4.69, 9.17) is 14.9 Å². The Hall–Kier alpha value is -2.30. The Morgan fingerprint density at radius 3 is 2.56 bits per heavy atom. The number of hydrogen-bond acceptors (Lipinski definition) is 3. The summed E-state index contributed by atoms with van der Waals surface area (Å²) in [6, 6.07) is 6.51. The van der Waals surface area contributed by atoms with E-state index in [2.05, 4.69) is 6.58 Å². The lowest BCUT2D eigenvalue weighted by Gasteiger charge is -2.15. The molecule has 1 aromatic carbocycles. The van der Waals surface area contributed by atoms with Gasteiger partial charge in [0.1, 0.15) is 12.4 Å². The van der Waals surface area contributed by atoms with Gasteiger partial charge in [0.05, 0.1) is 12.3 Å². The fourth-order valence-electron chi connectivity index (χ4n) is 1.55. The number of ether oxygens (including phenoxy) is 1. The maximum Gasteiger partial charge on any atom is 0.311 e. The molecular weight excluding hydrogens is 236 g/mol. The van der Waals surface area contributed by atoms with Gasteiger partial charge in [-0.3, -0.25) is 9.59 Å². The summed E-state index contributed by atoms with van der Waals surface area (Å²) < 4.78 is 5.32. The molecule has 5 nitrogen and oxygen atoms in total. The maximum atomic E-state index is 11.1. The first-order valence-electron chi connectivity index (χ1n) is 5.33. The van der Waals surface area contributed by atoms with Crippen molar-refractivity contribution in [1.82, 2.24) is 0 Å². The molecule has 0 aliphatic heterocycles. The monoisotopic (exact) mass is 250 g/mol. The van der Waals surface area contributed by atoms with Crippen molar-refractivity contribution in [3.05, 3.63) is 42.5 Å². The molecule has 0 saturated carbocycles. The fourth-order valence-corrected chi connectivity index (χ4v) is 1.55. The summed E-state index contributed by atoms with van der Waals surface area (Å²) in [5.41, 5.74) is 0.356. The molecule has 0 aliphatic rings. The van der Waals surface area contributed by atoms with Gasteiger partial charge in [-0.15, -0.1) is 0 Å². The van der Waals surface area contributed by atoms with Crippen LogP contribution in [0, 0.1) is 0 Å². The Morgan fingerprint density at radius 2 is 2.00 bits per heavy atom. The molecule has 2 N–H and O–H groups in total. The molecule has 0 amide bonds. The van der Waals surface area contributed by atoms with E-state index in [1.165, 1.54) is 6.08 Å². The van der Waals surface area contributed by atoms with Crippen molar-refractivity contribution in [1.29, 1.82) is 0 Å². The van der Waals surface area contributed by atoms with Crippen LogP contribution in [0.3, 0.4) is 0 Å². The number of benzene rings is 1. The number of rotatable bonds is 7. The molecule has 96 valence electrons. The number of hydrogen-bond donors (Lipinski definition) is 2. The lowest BCUT2D eigenvalue weighted by Crippen LogP contribution is -2.17. The largest absolute Gasteiger partial charge is 0.489 e. The zero-order valence-corrected chi connectivity index (χ0v) is 9.70. The van der Waals surface area contributed by atoms with Crippen LogP contribution in [0.4, 0.5) is 0 Å². The average Bonchev–Trinajstić information content (AvgIpc) is 2.33. The maximum absolute atomic E-state index is 11.1. The van der Waals surface area contributed by atoms with Gasteiger partial charge in [-0.25, -0.2) is 0 Å². The van der Waals surface area contributed by atoms with Crippen LogP contribution in [-0.4, -0.2) is 28.8 Å². The number of carboxylic acid groups (broad SMARTS) is 2. The van der Waals surface area contributed by atoms with Gasteiger partial charge in [0.2, 0.25) is 0 Å². The first-order chi connectivity index (χ1) is 8.56. The third kappa shape index (κ3) is 3.62. The van der Waals surface area contributed by atoms with Crippen LogP contribution in [0.1, 0.15) is 17.9 Å². The standard InChI is InChI=1S/C13H14O5/c1-2-7-18-11-6-4-3-5-9(11)10(13(16)17)8-12(14)15/h2-6,10H,1,7-8H2,(H,14,15)(H,16,17). The van der Waals surface area contributed by atoms with Crippen LogP contribution >= 0.6 is 0 Å². The Labute approximate surface area is 104 Å². The third-order valence-corrected chi connectivity index (χ3v) is 2.33. The first-order valence-corrected chi connectivity index (χ1v) is 5.33. The van der Waals surface area contributed by atoms with Gasteiger partial charge in [-0.05, 0) is 6.07 Å². The number of carbonyl (C=O) groups is 2. The van der Waals surface area contributed by atoms with Gasteiger partial charge in [0, 0.05) is 5.56 Å². The first kappa shape index (κ1) is 13.8. The Balaban J connectivity index is 3.06. The second-order valence-electron chi connectivity index (χ2n) is 3.63. The van der Waals surface area contributed by atoms with Crippen molar-refractivity contribution in [3.63, 3.8) is 0 Å². The molecule has 0 saturated heterocycles. The molecule has 0 heterocycles. The molecule has 1 unspecified atom stereocenters. The Kier molecular flexibility index (Phi) is 4.92.